The molecular weight excluding hydrogens is 747 g/mol. The predicted molar refractivity (Wildman–Crippen MR) is 259 cm³/mol. The Morgan fingerprint density at radius 2 is 0.661 bits per heavy atom. The normalized spacial score (nSPS) is 14.2. The molecule has 1 spiro atoms. The Labute approximate surface area is 363 Å². The lowest BCUT2D eigenvalue weighted by molar-refractivity contribution is 0.794. The first kappa shape index (κ1) is 35.9. The Morgan fingerprint density at radius 3 is 1.32 bits per heavy atom. The van der Waals surface area contributed by atoms with Crippen LogP contribution in [0.15, 0.2) is 249 Å². The van der Waals surface area contributed by atoms with Gasteiger partial charge in [0.2, 0.25) is 0 Å². The molecule has 12 rings (SSSR count). The van der Waals surface area contributed by atoms with Crippen molar-refractivity contribution in [3.63, 3.8) is 0 Å². The average Bonchev–Trinajstić information content (AvgIpc) is 3.83. The van der Waals surface area contributed by atoms with Crippen LogP contribution in [0.2, 0.25) is 0 Å². The Balaban J connectivity index is 1.02. The molecule has 2 aliphatic carbocycles. The second kappa shape index (κ2) is 14.6. The number of hydrogen-bond donors (Lipinski definition) is 0. The lowest BCUT2D eigenvalue weighted by Gasteiger charge is -2.31. The minimum Gasteiger partial charge on any atom is -0.310 e. The van der Waals surface area contributed by atoms with Gasteiger partial charge in [0.15, 0.2) is 0 Å². The van der Waals surface area contributed by atoms with Gasteiger partial charge in [-0.3, -0.25) is 0 Å². The molecule has 0 radical (unpaired) electrons. The summed E-state index contributed by atoms with van der Waals surface area (Å²) in [5.74, 6) is 0. The average molecular weight is 788 g/mol. The number of nitrogens with zero attached hydrogens (tertiary/aromatic N) is 1. The molecule has 0 aromatic heterocycles. The fraction of sp³-hybridized carbons (Fsp3) is 0.0164. The van der Waals surface area contributed by atoms with Crippen LogP contribution >= 0.6 is 0 Å². The number of rotatable bonds is 7. The SMILES string of the molecule is c1ccc(-c2ccc(-c3ccc(N(c4ccccc4)c4ccccc4-c4cccc5c4-c4ccccc4C54c5ccccc5-c5ccc(-c6ccccc6)cc54)cc3)cc2)cc1. The van der Waals surface area contributed by atoms with E-state index in [1.807, 2.05) is 0 Å². The standard InChI is InChI=1S/C61H41N/c1-4-17-42(18-5-1)44-31-33-45(34-32-44)46-35-38-49(39-36-46)62(48-21-8-3-9-22-48)59-30-15-12-24-52(59)53-26-16-29-57-60(53)54-25-11-14-28-56(54)61(57)55-27-13-10-23-50(55)51-40-37-47(41-58(51)61)43-19-6-2-7-20-43/h1-41H. The molecular formula is C61H41N. The molecule has 62 heavy (non-hydrogen) atoms. The second-order valence-corrected chi connectivity index (χ2v) is 16.4. The van der Waals surface area contributed by atoms with E-state index in [4.69, 9.17) is 0 Å². The van der Waals surface area contributed by atoms with Gasteiger partial charge in [0.05, 0.1) is 11.1 Å². The Hall–Kier alpha value is -8.00. The Morgan fingerprint density at radius 1 is 0.242 bits per heavy atom. The summed E-state index contributed by atoms with van der Waals surface area (Å²) >= 11 is 0. The zero-order valence-electron chi connectivity index (χ0n) is 34.1. The monoisotopic (exact) mass is 787 g/mol. The van der Waals surface area contributed by atoms with Crippen LogP contribution in [0.25, 0.3) is 66.8 Å². The van der Waals surface area contributed by atoms with E-state index in [-0.39, 0.29) is 0 Å². The van der Waals surface area contributed by atoms with E-state index < -0.39 is 5.41 Å². The maximum absolute atomic E-state index is 2.47. The molecule has 0 bridgehead atoms. The molecule has 1 heteroatoms. The molecule has 1 atom stereocenters. The quantitative estimate of drug-likeness (QED) is 0.155. The topological polar surface area (TPSA) is 3.24 Å². The molecule has 1 unspecified atom stereocenters. The Bertz CT molecular complexity index is 3260. The van der Waals surface area contributed by atoms with Crippen molar-refractivity contribution in [2.45, 2.75) is 5.41 Å². The fourth-order valence-electron chi connectivity index (χ4n) is 10.4. The summed E-state index contributed by atoms with van der Waals surface area (Å²) in [7, 11) is 0. The zero-order chi connectivity index (χ0) is 41.0. The van der Waals surface area contributed by atoms with Crippen LogP contribution in [-0.2, 0) is 5.41 Å². The molecule has 10 aromatic carbocycles. The first-order chi connectivity index (χ1) is 30.8. The molecule has 0 heterocycles. The number of hydrogen-bond acceptors (Lipinski definition) is 1. The number of fused-ring (bicyclic) bond motifs is 10. The molecule has 10 aromatic rings. The van der Waals surface area contributed by atoms with Gasteiger partial charge in [0.1, 0.15) is 0 Å². The number of benzene rings is 10. The highest BCUT2D eigenvalue weighted by Crippen LogP contribution is 2.64. The van der Waals surface area contributed by atoms with Crippen LogP contribution in [0.5, 0.6) is 0 Å². The van der Waals surface area contributed by atoms with Crippen LogP contribution in [0.1, 0.15) is 22.3 Å². The van der Waals surface area contributed by atoms with Crippen LogP contribution in [0, 0.1) is 0 Å². The van der Waals surface area contributed by atoms with Gasteiger partial charge in [0.25, 0.3) is 0 Å². The maximum atomic E-state index is 2.47. The third-order valence-electron chi connectivity index (χ3n) is 13.1. The minimum atomic E-state index is -0.470. The van der Waals surface area contributed by atoms with E-state index in [0.29, 0.717) is 0 Å². The first-order valence-corrected chi connectivity index (χ1v) is 21.5. The largest absolute Gasteiger partial charge is 0.310 e. The van der Waals surface area contributed by atoms with Gasteiger partial charge >= 0.3 is 0 Å². The van der Waals surface area contributed by atoms with Crippen LogP contribution in [-0.4, -0.2) is 0 Å². The smallest absolute Gasteiger partial charge is 0.0725 e. The summed E-state index contributed by atoms with van der Waals surface area (Å²) < 4.78 is 0. The number of para-hydroxylation sites is 2. The van der Waals surface area contributed by atoms with E-state index >= 15 is 0 Å². The summed E-state index contributed by atoms with van der Waals surface area (Å²) in [6, 6.07) is 91.4. The van der Waals surface area contributed by atoms with Gasteiger partial charge in [-0.1, -0.05) is 212 Å². The lowest BCUT2D eigenvalue weighted by atomic mass is 9.70. The van der Waals surface area contributed by atoms with Gasteiger partial charge in [-0.2, -0.15) is 0 Å². The minimum absolute atomic E-state index is 0.470. The molecule has 0 amide bonds. The van der Waals surface area contributed by atoms with E-state index in [9.17, 15) is 0 Å². The molecule has 1 nitrogen and oxygen atoms in total. The summed E-state index contributed by atoms with van der Waals surface area (Å²) in [6.45, 7) is 0. The fourth-order valence-corrected chi connectivity index (χ4v) is 10.4. The third-order valence-corrected chi connectivity index (χ3v) is 13.1. The summed E-state index contributed by atoms with van der Waals surface area (Å²) in [4.78, 5) is 2.42. The second-order valence-electron chi connectivity index (χ2n) is 16.4. The van der Waals surface area contributed by atoms with Crippen molar-refractivity contribution in [3.05, 3.63) is 271 Å². The molecule has 2 aliphatic rings. The van der Waals surface area contributed by atoms with Crippen molar-refractivity contribution in [3.8, 4) is 66.8 Å². The third kappa shape index (κ3) is 5.56. The molecule has 0 saturated carbocycles. The highest BCUT2D eigenvalue weighted by Gasteiger charge is 2.52. The van der Waals surface area contributed by atoms with Gasteiger partial charge in [-0.05, 0) is 120 Å². The van der Waals surface area contributed by atoms with Crippen LogP contribution < -0.4 is 4.90 Å². The van der Waals surface area contributed by atoms with Gasteiger partial charge < -0.3 is 4.90 Å². The van der Waals surface area contributed by atoms with Crippen molar-refractivity contribution >= 4 is 17.1 Å². The van der Waals surface area contributed by atoms with E-state index in [1.54, 1.807) is 0 Å². The maximum Gasteiger partial charge on any atom is 0.0725 e. The van der Waals surface area contributed by atoms with Gasteiger partial charge in [-0.15, -0.1) is 0 Å². The van der Waals surface area contributed by atoms with Crippen molar-refractivity contribution in [1.82, 2.24) is 0 Å². The molecule has 0 saturated heterocycles. The number of anilines is 3. The lowest BCUT2D eigenvalue weighted by Crippen LogP contribution is -2.25. The zero-order valence-corrected chi connectivity index (χ0v) is 34.1. The highest BCUT2D eigenvalue weighted by molar-refractivity contribution is 6.03. The van der Waals surface area contributed by atoms with Crippen LogP contribution in [0.4, 0.5) is 17.1 Å². The Kier molecular flexibility index (Phi) is 8.47. The molecule has 0 aliphatic heterocycles. The van der Waals surface area contributed by atoms with E-state index in [0.717, 1.165) is 17.1 Å². The molecule has 0 fully saturated rings. The molecule has 290 valence electrons. The first-order valence-electron chi connectivity index (χ1n) is 21.5. The summed E-state index contributed by atoms with van der Waals surface area (Å²) in [5.41, 5.74) is 23.1. The molecule has 0 N–H and O–H groups in total. The van der Waals surface area contributed by atoms with Crippen molar-refractivity contribution in [1.29, 1.82) is 0 Å². The summed E-state index contributed by atoms with van der Waals surface area (Å²) in [6.07, 6.45) is 0. The summed E-state index contributed by atoms with van der Waals surface area (Å²) in [5, 5.41) is 0. The van der Waals surface area contributed by atoms with E-state index in [1.165, 1.54) is 89.0 Å². The van der Waals surface area contributed by atoms with Crippen molar-refractivity contribution < 1.29 is 0 Å². The highest BCUT2D eigenvalue weighted by atomic mass is 15.1. The van der Waals surface area contributed by atoms with Crippen molar-refractivity contribution in [2.75, 3.05) is 4.90 Å². The predicted octanol–water partition coefficient (Wildman–Crippen LogP) is 16.2. The van der Waals surface area contributed by atoms with Gasteiger partial charge in [-0.25, -0.2) is 0 Å². The van der Waals surface area contributed by atoms with Crippen molar-refractivity contribution in [2.24, 2.45) is 0 Å². The van der Waals surface area contributed by atoms with Gasteiger partial charge in [0, 0.05) is 16.9 Å². The van der Waals surface area contributed by atoms with Crippen LogP contribution in [0.3, 0.4) is 0 Å². The van der Waals surface area contributed by atoms with E-state index in [2.05, 4.69) is 254 Å².